The predicted octanol–water partition coefficient (Wildman–Crippen LogP) is 2.99. The van der Waals surface area contributed by atoms with Crippen LogP contribution in [-0.4, -0.2) is 16.1 Å². The van der Waals surface area contributed by atoms with E-state index in [9.17, 15) is 4.79 Å². The molecule has 0 aromatic carbocycles. The maximum atomic E-state index is 10.2. The smallest absolute Gasteiger partial charge is 0.307 e. The SMILES string of the molecule is O=C(O)CC=Cc1cc(Br)cnc1Cl. The number of carbonyl (C=O) groups is 1. The Morgan fingerprint density at radius 1 is 1.71 bits per heavy atom. The van der Waals surface area contributed by atoms with Crippen LogP contribution in [-0.2, 0) is 4.79 Å². The number of aromatic nitrogens is 1. The summed E-state index contributed by atoms with van der Waals surface area (Å²) in [5.41, 5.74) is 0.697. The van der Waals surface area contributed by atoms with Gasteiger partial charge in [0.25, 0.3) is 0 Å². The Kier molecular flexibility index (Phi) is 4.10. The molecule has 0 bridgehead atoms. The standard InChI is InChI=1S/C9H7BrClNO2/c10-7-4-6(9(11)12-5-7)2-1-3-8(13)14/h1-2,4-5H,3H2,(H,13,14). The number of carboxylic acid groups (broad SMARTS) is 1. The number of pyridine rings is 1. The molecule has 0 radical (unpaired) electrons. The summed E-state index contributed by atoms with van der Waals surface area (Å²) in [6.45, 7) is 0. The van der Waals surface area contributed by atoms with Gasteiger partial charge in [-0.3, -0.25) is 4.79 Å². The molecule has 0 saturated carbocycles. The molecule has 1 N–H and O–H groups in total. The van der Waals surface area contributed by atoms with E-state index in [1.807, 2.05) is 0 Å². The molecule has 0 atom stereocenters. The number of hydrogen-bond donors (Lipinski definition) is 1. The van der Waals surface area contributed by atoms with E-state index in [1.54, 1.807) is 18.3 Å². The molecule has 3 nitrogen and oxygen atoms in total. The summed E-state index contributed by atoms with van der Waals surface area (Å²) < 4.78 is 0.803. The third-order valence-corrected chi connectivity index (χ3v) is 2.17. The van der Waals surface area contributed by atoms with Gasteiger partial charge in [-0.15, -0.1) is 0 Å². The minimum Gasteiger partial charge on any atom is -0.481 e. The fourth-order valence-electron chi connectivity index (χ4n) is 0.842. The quantitative estimate of drug-likeness (QED) is 0.864. The van der Waals surface area contributed by atoms with Crippen molar-refractivity contribution in [3.8, 4) is 0 Å². The van der Waals surface area contributed by atoms with Crippen molar-refractivity contribution in [1.82, 2.24) is 4.98 Å². The monoisotopic (exact) mass is 275 g/mol. The first-order valence-corrected chi connectivity index (χ1v) is 4.96. The first-order chi connectivity index (χ1) is 6.59. The molecule has 0 spiro atoms. The molecule has 1 aromatic rings. The van der Waals surface area contributed by atoms with Crippen molar-refractivity contribution in [2.75, 3.05) is 0 Å². The molecule has 0 fully saturated rings. The Hall–Kier alpha value is -0.870. The fraction of sp³-hybridized carbons (Fsp3) is 0.111. The molecule has 0 amide bonds. The van der Waals surface area contributed by atoms with Gasteiger partial charge in [0, 0.05) is 16.2 Å². The van der Waals surface area contributed by atoms with E-state index in [1.165, 1.54) is 6.08 Å². The van der Waals surface area contributed by atoms with E-state index in [2.05, 4.69) is 20.9 Å². The second-order valence-electron chi connectivity index (χ2n) is 2.53. The highest BCUT2D eigenvalue weighted by Gasteiger charge is 1.98. The van der Waals surface area contributed by atoms with Gasteiger partial charge in [-0.2, -0.15) is 0 Å². The molecular weight excluding hydrogens is 269 g/mol. The molecule has 0 saturated heterocycles. The maximum absolute atomic E-state index is 10.2. The van der Waals surface area contributed by atoms with Gasteiger partial charge in [-0.25, -0.2) is 4.98 Å². The van der Waals surface area contributed by atoms with Gasteiger partial charge in [0.2, 0.25) is 0 Å². The van der Waals surface area contributed by atoms with Gasteiger partial charge < -0.3 is 5.11 Å². The van der Waals surface area contributed by atoms with E-state index < -0.39 is 5.97 Å². The van der Waals surface area contributed by atoms with Crippen LogP contribution in [0.4, 0.5) is 0 Å². The summed E-state index contributed by atoms with van der Waals surface area (Å²) >= 11 is 9.03. The van der Waals surface area contributed by atoms with Crippen LogP contribution < -0.4 is 0 Å². The van der Waals surface area contributed by atoms with E-state index in [0.29, 0.717) is 10.7 Å². The van der Waals surface area contributed by atoms with Gasteiger partial charge in [0.05, 0.1) is 6.42 Å². The lowest BCUT2D eigenvalue weighted by atomic mass is 10.2. The van der Waals surface area contributed by atoms with Crippen LogP contribution in [0.1, 0.15) is 12.0 Å². The molecule has 5 heteroatoms. The molecule has 1 rings (SSSR count). The fourth-order valence-corrected chi connectivity index (χ4v) is 1.36. The number of rotatable bonds is 3. The maximum Gasteiger partial charge on any atom is 0.307 e. The van der Waals surface area contributed by atoms with Gasteiger partial charge in [0.1, 0.15) is 5.15 Å². The minimum absolute atomic E-state index is 0.0250. The average Bonchev–Trinajstić information content (AvgIpc) is 2.10. The lowest BCUT2D eigenvalue weighted by Crippen LogP contribution is -1.89. The normalized spacial score (nSPS) is 10.7. The van der Waals surface area contributed by atoms with Crippen molar-refractivity contribution < 1.29 is 9.90 Å². The molecule has 14 heavy (non-hydrogen) atoms. The van der Waals surface area contributed by atoms with E-state index in [-0.39, 0.29) is 6.42 Å². The Morgan fingerprint density at radius 3 is 3.07 bits per heavy atom. The molecule has 0 aliphatic heterocycles. The van der Waals surface area contributed by atoms with E-state index in [4.69, 9.17) is 16.7 Å². The van der Waals surface area contributed by atoms with E-state index >= 15 is 0 Å². The van der Waals surface area contributed by atoms with Crippen molar-refractivity contribution in [3.05, 3.63) is 33.5 Å². The highest BCUT2D eigenvalue weighted by molar-refractivity contribution is 9.10. The average molecular weight is 277 g/mol. The summed E-state index contributed by atoms with van der Waals surface area (Å²) in [5.74, 6) is -0.875. The molecule has 1 heterocycles. The van der Waals surface area contributed by atoms with Crippen molar-refractivity contribution in [2.24, 2.45) is 0 Å². The Morgan fingerprint density at radius 2 is 2.43 bits per heavy atom. The highest BCUT2D eigenvalue weighted by Crippen LogP contribution is 2.19. The van der Waals surface area contributed by atoms with Gasteiger partial charge in [-0.1, -0.05) is 23.8 Å². The van der Waals surface area contributed by atoms with Crippen LogP contribution in [0.15, 0.2) is 22.8 Å². The second kappa shape index (κ2) is 5.12. The lowest BCUT2D eigenvalue weighted by molar-refractivity contribution is -0.135. The first kappa shape index (κ1) is 11.2. The topological polar surface area (TPSA) is 50.2 Å². The van der Waals surface area contributed by atoms with Gasteiger partial charge in [-0.05, 0) is 22.0 Å². The number of aliphatic carboxylic acids is 1. The van der Waals surface area contributed by atoms with E-state index in [0.717, 1.165) is 4.47 Å². The van der Waals surface area contributed by atoms with Crippen molar-refractivity contribution >= 4 is 39.6 Å². The molecule has 0 aliphatic carbocycles. The number of nitrogens with zero attached hydrogens (tertiary/aromatic N) is 1. The summed E-state index contributed by atoms with van der Waals surface area (Å²) in [5, 5.41) is 8.76. The zero-order chi connectivity index (χ0) is 10.6. The zero-order valence-electron chi connectivity index (χ0n) is 7.08. The van der Waals surface area contributed by atoms with Crippen molar-refractivity contribution in [2.45, 2.75) is 6.42 Å². The van der Waals surface area contributed by atoms with Crippen LogP contribution in [0.25, 0.3) is 6.08 Å². The third-order valence-electron chi connectivity index (χ3n) is 1.42. The summed E-state index contributed by atoms with van der Waals surface area (Å²) in [6.07, 6.45) is 4.71. The second-order valence-corrected chi connectivity index (χ2v) is 3.81. The minimum atomic E-state index is -0.875. The summed E-state index contributed by atoms with van der Waals surface area (Å²) in [6, 6.07) is 1.77. The Bertz CT molecular complexity index is 379. The molecule has 74 valence electrons. The number of hydrogen-bond acceptors (Lipinski definition) is 2. The summed E-state index contributed by atoms with van der Waals surface area (Å²) in [7, 11) is 0. The molecule has 1 aromatic heterocycles. The first-order valence-electron chi connectivity index (χ1n) is 3.79. The van der Waals surface area contributed by atoms with Crippen LogP contribution in [0.5, 0.6) is 0 Å². The number of halogens is 2. The van der Waals surface area contributed by atoms with Crippen LogP contribution in [0.3, 0.4) is 0 Å². The Labute approximate surface area is 94.5 Å². The largest absolute Gasteiger partial charge is 0.481 e. The van der Waals surface area contributed by atoms with Gasteiger partial charge >= 0.3 is 5.97 Å². The Balaban J connectivity index is 2.80. The number of carboxylic acids is 1. The van der Waals surface area contributed by atoms with Crippen LogP contribution >= 0.6 is 27.5 Å². The predicted molar refractivity (Wildman–Crippen MR) is 58.2 cm³/mol. The van der Waals surface area contributed by atoms with Crippen molar-refractivity contribution in [1.29, 1.82) is 0 Å². The zero-order valence-corrected chi connectivity index (χ0v) is 9.42. The molecular formula is C9H7BrClNO2. The lowest BCUT2D eigenvalue weighted by Gasteiger charge is -1.97. The highest BCUT2D eigenvalue weighted by atomic mass is 79.9. The van der Waals surface area contributed by atoms with Crippen LogP contribution in [0, 0.1) is 0 Å². The van der Waals surface area contributed by atoms with Gasteiger partial charge in [0.15, 0.2) is 0 Å². The molecule has 0 unspecified atom stereocenters. The van der Waals surface area contributed by atoms with Crippen LogP contribution in [0.2, 0.25) is 5.15 Å². The third kappa shape index (κ3) is 3.47. The van der Waals surface area contributed by atoms with Crippen molar-refractivity contribution in [3.63, 3.8) is 0 Å². The molecule has 0 aliphatic rings. The summed E-state index contributed by atoms with van der Waals surface area (Å²) in [4.78, 5) is 14.1.